The summed E-state index contributed by atoms with van der Waals surface area (Å²) in [7, 11) is 0. The van der Waals surface area contributed by atoms with Crippen LogP contribution in [0, 0.1) is 0 Å². The second kappa shape index (κ2) is 11.0. The normalized spacial score (nSPS) is 11.0. The van der Waals surface area contributed by atoms with Gasteiger partial charge < -0.3 is 15.6 Å². The number of carbonyl (C=O) groups excluding carboxylic acids is 1. The Morgan fingerprint density at radius 3 is 2.65 bits per heavy atom. The van der Waals surface area contributed by atoms with Gasteiger partial charge in [-0.05, 0) is 18.4 Å². The smallest absolute Gasteiger partial charge is 0.237 e. The van der Waals surface area contributed by atoms with E-state index in [4.69, 9.17) is 5.73 Å². The summed E-state index contributed by atoms with van der Waals surface area (Å²) in [6, 6.07) is 9.86. The molecule has 128 valence electrons. The molecule has 0 spiro atoms. The van der Waals surface area contributed by atoms with Gasteiger partial charge in [0.15, 0.2) is 0 Å². The highest BCUT2D eigenvalue weighted by molar-refractivity contribution is 5.85. The van der Waals surface area contributed by atoms with Crippen molar-refractivity contribution < 1.29 is 4.79 Å². The predicted octanol–water partition coefficient (Wildman–Crippen LogP) is 2.32. The van der Waals surface area contributed by atoms with Gasteiger partial charge in [0, 0.05) is 18.9 Å². The van der Waals surface area contributed by atoms with Crippen LogP contribution in [0.1, 0.15) is 24.7 Å². The van der Waals surface area contributed by atoms with Crippen molar-refractivity contribution >= 4 is 30.7 Å². The highest BCUT2D eigenvalue weighted by atomic mass is 35.5. The molecule has 0 aliphatic heterocycles. The molecule has 0 saturated heterocycles. The first-order valence-corrected chi connectivity index (χ1v) is 7.28. The van der Waals surface area contributed by atoms with Gasteiger partial charge in [0.25, 0.3) is 0 Å². The molecule has 23 heavy (non-hydrogen) atoms. The summed E-state index contributed by atoms with van der Waals surface area (Å²) in [5, 5.41) is 2.83. The third-order valence-electron chi connectivity index (χ3n) is 3.48. The number of hydrogen-bond donors (Lipinski definition) is 2. The van der Waals surface area contributed by atoms with E-state index in [-0.39, 0.29) is 30.7 Å². The van der Waals surface area contributed by atoms with E-state index in [9.17, 15) is 4.79 Å². The lowest BCUT2D eigenvalue weighted by atomic mass is 10.1. The van der Waals surface area contributed by atoms with Crippen LogP contribution < -0.4 is 11.1 Å². The van der Waals surface area contributed by atoms with Crippen LogP contribution in [0.25, 0.3) is 0 Å². The van der Waals surface area contributed by atoms with E-state index in [1.54, 1.807) is 6.20 Å². The highest BCUT2D eigenvalue weighted by Gasteiger charge is 2.11. The number of halogens is 2. The number of carbonyl (C=O) groups is 1. The Labute approximate surface area is 149 Å². The van der Waals surface area contributed by atoms with Gasteiger partial charge in [0.05, 0.1) is 12.6 Å². The molecule has 0 fully saturated rings. The van der Waals surface area contributed by atoms with Crippen molar-refractivity contribution in [3.05, 3.63) is 54.1 Å². The van der Waals surface area contributed by atoms with E-state index >= 15 is 0 Å². The highest BCUT2D eigenvalue weighted by Crippen LogP contribution is 2.04. The van der Waals surface area contributed by atoms with Crippen LogP contribution in [0.5, 0.6) is 0 Å². The van der Waals surface area contributed by atoms with Gasteiger partial charge in [-0.2, -0.15) is 0 Å². The molecule has 0 saturated carbocycles. The second-order valence-corrected chi connectivity index (χ2v) is 5.01. The van der Waals surface area contributed by atoms with Gasteiger partial charge in [0.1, 0.15) is 5.82 Å². The molecule has 2 aromatic rings. The Balaban J connectivity index is 0.00000242. The lowest BCUT2D eigenvalue weighted by molar-refractivity contribution is -0.122. The van der Waals surface area contributed by atoms with Gasteiger partial charge in [-0.25, -0.2) is 4.98 Å². The fraction of sp³-hybridized carbons (Fsp3) is 0.375. The van der Waals surface area contributed by atoms with Crippen molar-refractivity contribution in [3.63, 3.8) is 0 Å². The Morgan fingerprint density at radius 2 is 2.00 bits per heavy atom. The third-order valence-corrected chi connectivity index (χ3v) is 3.48. The van der Waals surface area contributed by atoms with E-state index < -0.39 is 6.04 Å². The van der Waals surface area contributed by atoms with Crippen LogP contribution in [0.3, 0.4) is 0 Å². The van der Waals surface area contributed by atoms with Crippen LogP contribution in [0.2, 0.25) is 0 Å². The van der Waals surface area contributed by atoms with Crippen molar-refractivity contribution in [1.82, 2.24) is 14.9 Å². The molecule has 0 aliphatic carbocycles. The Morgan fingerprint density at radius 1 is 1.30 bits per heavy atom. The maximum absolute atomic E-state index is 11.7. The number of nitrogens with two attached hydrogens (primary N) is 1. The minimum atomic E-state index is -0.447. The molecule has 2 rings (SSSR count). The first-order chi connectivity index (χ1) is 10.2. The average Bonchev–Trinajstić information content (AvgIpc) is 2.98. The average molecular weight is 359 g/mol. The Hall–Kier alpha value is -1.56. The van der Waals surface area contributed by atoms with E-state index in [0.717, 1.165) is 18.8 Å². The fourth-order valence-electron chi connectivity index (χ4n) is 2.09. The predicted molar refractivity (Wildman–Crippen MR) is 97.0 cm³/mol. The van der Waals surface area contributed by atoms with Crippen molar-refractivity contribution in [2.75, 3.05) is 0 Å². The lowest BCUT2D eigenvalue weighted by Gasteiger charge is -2.11. The lowest BCUT2D eigenvalue weighted by Crippen LogP contribution is -2.40. The van der Waals surface area contributed by atoms with E-state index in [2.05, 4.69) is 27.0 Å². The zero-order valence-electron chi connectivity index (χ0n) is 13.1. The number of aryl methyl sites for hydroxylation is 2. The molecule has 5 nitrogen and oxygen atoms in total. The molecule has 0 radical (unpaired) electrons. The van der Waals surface area contributed by atoms with Gasteiger partial charge in [-0.1, -0.05) is 37.3 Å². The molecule has 1 atom stereocenters. The number of benzene rings is 1. The number of nitrogens with zero attached hydrogens (tertiary/aromatic N) is 2. The van der Waals surface area contributed by atoms with Crippen LogP contribution in [-0.2, 0) is 24.3 Å². The van der Waals surface area contributed by atoms with Gasteiger partial charge >= 0.3 is 0 Å². The summed E-state index contributed by atoms with van der Waals surface area (Å²) in [5.41, 5.74) is 6.98. The molecule has 7 heteroatoms. The zero-order valence-corrected chi connectivity index (χ0v) is 14.8. The number of nitrogens with one attached hydrogen (secondary N) is 1. The van der Waals surface area contributed by atoms with Gasteiger partial charge in [-0.15, -0.1) is 24.8 Å². The molecule has 0 bridgehead atoms. The summed E-state index contributed by atoms with van der Waals surface area (Å²) < 4.78 is 2.06. The van der Waals surface area contributed by atoms with Crippen LogP contribution >= 0.6 is 24.8 Å². The Bertz CT molecular complexity index is 574. The van der Waals surface area contributed by atoms with Crippen LogP contribution in [-0.4, -0.2) is 21.5 Å². The molecule has 1 aromatic carbocycles. The molecule has 1 aromatic heterocycles. The summed E-state index contributed by atoms with van der Waals surface area (Å²) >= 11 is 0. The maximum atomic E-state index is 11.7. The van der Waals surface area contributed by atoms with Crippen molar-refractivity contribution in [2.24, 2.45) is 5.73 Å². The van der Waals surface area contributed by atoms with Gasteiger partial charge in [-0.3, -0.25) is 4.79 Å². The summed E-state index contributed by atoms with van der Waals surface area (Å²) in [6.45, 7) is 3.15. The topological polar surface area (TPSA) is 72.9 Å². The summed E-state index contributed by atoms with van der Waals surface area (Å²) in [4.78, 5) is 16.0. The molecule has 0 aliphatic rings. The van der Waals surface area contributed by atoms with E-state index in [1.165, 1.54) is 5.56 Å². The number of imidazole rings is 1. The van der Waals surface area contributed by atoms with Crippen molar-refractivity contribution in [3.8, 4) is 0 Å². The van der Waals surface area contributed by atoms with Gasteiger partial charge in [0.2, 0.25) is 5.91 Å². The SMILES string of the molecule is CC[C@H](N)C(=O)NCc1nccn1CCc1ccccc1.Cl.Cl. The fourth-order valence-corrected chi connectivity index (χ4v) is 2.09. The molecule has 3 N–H and O–H groups in total. The monoisotopic (exact) mass is 358 g/mol. The Kier molecular flexibility index (Phi) is 10.3. The quantitative estimate of drug-likeness (QED) is 0.797. The summed E-state index contributed by atoms with van der Waals surface area (Å²) in [5.74, 6) is 0.720. The van der Waals surface area contributed by atoms with Crippen LogP contribution in [0.4, 0.5) is 0 Å². The zero-order chi connectivity index (χ0) is 15.1. The minimum absolute atomic E-state index is 0. The number of amides is 1. The largest absolute Gasteiger partial charge is 0.348 e. The first-order valence-electron chi connectivity index (χ1n) is 7.28. The number of rotatable bonds is 7. The van der Waals surface area contributed by atoms with Crippen molar-refractivity contribution in [2.45, 2.75) is 38.9 Å². The third kappa shape index (κ3) is 6.60. The van der Waals surface area contributed by atoms with Crippen molar-refractivity contribution in [1.29, 1.82) is 0 Å². The molecule has 1 heterocycles. The van der Waals surface area contributed by atoms with E-state index in [0.29, 0.717) is 13.0 Å². The summed E-state index contributed by atoms with van der Waals surface area (Å²) in [6.07, 6.45) is 5.26. The maximum Gasteiger partial charge on any atom is 0.237 e. The number of aromatic nitrogens is 2. The van der Waals surface area contributed by atoms with E-state index in [1.807, 2.05) is 31.3 Å². The standard InChI is InChI=1S/C16H22N4O.2ClH/c1-2-14(17)16(21)19-12-15-18-9-11-20(15)10-8-13-6-4-3-5-7-13;;/h3-7,9,11,14H,2,8,10,12,17H2,1H3,(H,19,21);2*1H/t14-;;/m0../s1. The van der Waals surface area contributed by atoms with Crippen LogP contribution in [0.15, 0.2) is 42.7 Å². The number of hydrogen-bond acceptors (Lipinski definition) is 3. The molecule has 0 unspecified atom stereocenters. The minimum Gasteiger partial charge on any atom is -0.348 e. The second-order valence-electron chi connectivity index (χ2n) is 5.01. The first kappa shape index (κ1) is 21.4. The molecular weight excluding hydrogens is 335 g/mol. The molecular formula is C16H24Cl2N4O. The molecule has 1 amide bonds.